The standard InChI is InChI=1S/C14H12Cl2N2O2/c1-9(11-4-2-3-5-14(11)18(19)20)17-13-8-10(15)6-7-12(13)16/h2-9,17H,1H3. The van der Waals surface area contributed by atoms with Crippen LogP contribution in [0.4, 0.5) is 11.4 Å². The molecular formula is C14H12Cl2N2O2. The van der Waals surface area contributed by atoms with Crippen LogP contribution in [-0.4, -0.2) is 4.92 Å². The van der Waals surface area contributed by atoms with E-state index in [0.29, 0.717) is 21.3 Å². The van der Waals surface area contributed by atoms with Gasteiger partial charge in [-0.3, -0.25) is 10.1 Å². The molecule has 6 heteroatoms. The molecule has 0 amide bonds. The number of rotatable bonds is 4. The number of hydrogen-bond acceptors (Lipinski definition) is 3. The van der Waals surface area contributed by atoms with Crippen molar-refractivity contribution >= 4 is 34.6 Å². The summed E-state index contributed by atoms with van der Waals surface area (Å²) in [6.07, 6.45) is 0. The van der Waals surface area contributed by atoms with Crippen molar-refractivity contribution in [3.63, 3.8) is 0 Å². The van der Waals surface area contributed by atoms with Crippen LogP contribution in [0, 0.1) is 10.1 Å². The van der Waals surface area contributed by atoms with Crippen molar-refractivity contribution in [1.29, 1.82) is 0 Å². The second kappa shape index (κ2) is 6.11. The topological polar surface area (TPSA) is 55.2 Å². The number of anilines is 1. The number of nitro benzene ring substituents is 1. The number of nitrogens with zero attached hydrogens (tertiary/aromatic N) is 1. The van der Waals surface area contributed by atoms with E-state index >= 15 is 0 Å². The zero-order chi connectivity index (χ0) is 14.7. The van der Waals surface area contributed by atoms with Gasteiger partial charge in [-0.25, -0.2) is 0 Å². The van der Waals surface area contributed by atoms with E-state index in [-0.39, 0.29) is 11.7 Å². The summed E-state index contributed by atoms with van der Waals surface area (Å²) in [6, 6.07) is 11.4. The van der Waals surface area contributed by atoms with Gasteiger partial charge in [-0.05, 0) is 25.1 Å². The van der Waals surface area contributed by atoms with Crippen molar-refractivity contribution in [1.82, 2.24) is 0 Å². The molecule has 20 heavy (non-hydrogen) atoms. The first-order valence-electron chi connectivity index (χ1n) is 5.94. The normalized spacial score (nSPS) is 11.9. The van der Waals surface area contributed by atoms with Crippen molar-refractivity contribution in [3.8, 4) is 0 Å². The molecular weight excluding hydrogens is 299 g/mol. The third-order valence-electron chi connectivity index (χ3n) is 2.90. The summed E-state index contributed by atoms with van der Waals surface area (Å²) in [5.41, 5.74) is 1.31. The highest BCUT2D eigenvalue weighted by Crippen LogP contribution is 2.31. The molecule has 2 aromatic carbocycles. The Bertz CT molecular complexity index is 647. The Morgan fingerprint density at radius 3 is 2.60 bits per heavy atom. The molecule has 2 rings (SSSR count). The Balaban J connectivity index is 2.31. The summed E-state index contributed by atoms with van der Waals surface area (Å²) < 4.78 is 0. The van der Waals surface area contributed by atoms with Gasteiger partial charge < -0.3 is 5.32 Å². The lowest BCUT2D eigenvalue weighted by molar-refractivity contribution is -0.385. The quantitative estimate of drug-likeness (QED) is 0.633. The van der Waals surface area contributed by atoms with Crippen molar-refractivity contribution in [2.24, 2.45) is 0 Å². The Morgan fingerprint density at radius 1 is 1.20 bits per heavy atom. The smallest absolute Gasteiger partial charge is 0.274 e. The van der Waals surface area contributed by atoms with Gasteiger partial charge in [0.1, 0.15) is 0 Å². The lowest BCUT2D eigenvalue weighted by Gasteiger charge is -2.17. The maximum absolute atomic E-state index is 11.0. The van der Waals surface area contributed by atoms with Gasteiger partial charge in [0.15, 0.2) is 0 Å². The summed E-state index contributed by atoms with van der Waals surface area (Å²) >= 11 is 12.0. The molecule has 1 unspecified atom stereocenters. The van der Waals surface area contributed by atoms with E-state index in [2.05, 4.69) is 5.32 Å². The van der Waals surface area contributed by atoms with Crippen LogP contribution in [0.5, 0.6) is 0 Å². The molecule has 0 aromatic heterocycles. The van der Waals surface area contributed by atoms with Crippen LogP contribution in [-0.2, 0) is 0 Å². The summed E-state index contributed by atoms with van der Waals surface area (Å²) in [5.74, 6) is 0. The Morgan fingerprint density at radius 2 is 1.90 bits per heavy atom. The summed E-state index contributed by atoms with van der Waals surface area (Å²) in [4.78, 5) is 10.6. The Labute approximate surface area is 126 Å². The lowest BCUT2D eigenvalue weighted by Crippen LogP contribution is -2.09. The molecule has 0 aliphatic carbocycles. The van der Waals surface area contributed by atoms with Crippen LogP contribution in [0.3, 0.4) is 0 Å². The zero-order valence-electron chi connectivity index (χ0n) is 10.6. The second-order valence-corrected chi connectivity index (χ2v) is 5.15. The summed E-state index contributed by atoms with van der Waals surface area (Å²) in [6.45, 7) is 1.83. The van der Waals surface area contributed by atoms with Crippen LogP contribution in [0.2, 0.25) is 10.0 Å². The van der Waals surface area contributed by atoms with Gasteiger partial charge in [0.25, 0.3) is 5.69 Å². The lowest BCUT2D eigenvalue weighted by atomic mass is 10.1. The fraction of sp³-hybridized carbons (Fsp3) is 0.143. The van der Waals surface area contributed by atoms with E-state index in [0.717, 1.165) is 0 Å². The molecule has 1 N–H and O–H groups in total. The first kappa shape index (κ1) is 14.6. The van der Waals surface area contributed by atoms with E-state index in [9.17, 15) is 10.1 Å². The van der Waals surface area contributed by atoms with Gasteiger partial charge >= 0.3 is 0 Å². The highest BCUT2D eigenvalue weighted by atomic mass is 35.5. The molecule has 4 nitrogen and oxygen atoms in total. The number of para-hydroxylation sites is 1. The molecule has 0 heterocycles. The first-order chi connectivity index (χ1) is 9.49. The maximum atomic E-state index is 11.0. The molecule has 0 saturated heterocycles. The molecule has 0 bridgehead atoms. The van der Waals surface area contributed by atoms with Crippen LogP contribution in [0.15, 0.2) is 42.5 Å². The van der Waals surface area contributed by atoms with E-state index in [1.807, 2.05) is 6.92 Å². The first-order valence-corrected chi connectivity index (χ1v) is 6.69. The van der Waals surface area contributed by atoms with Crippen molar-refractivity contribution in [2.45, 2.75) is 13.0 Å². The average molecular weight is 311 g/mol. The second-order valence-electron chi connectivity index (χ2n) is 4.31. The molecule has 2 aromatic rings. The number of halogens is 2. The molecule has 0 radical (unpaired) electrons. The number of benzene rings is 2. The van der Waals surface area contributed by atoms with Gasteiger partial charge in [-0.1, -0.05) is 41.4 Å². The van der Waals surface area contributed by atoms with E-state index in [4.69, 9.17) is 23.2 Å². The van der Waals surface area contributed by atoms with Crippen molar-refractivity contribution in [3.05, 3.63) is 68.2 Å². The van der Waals surface area contributed by atoms with Crippen LogP contribution in [0.1, 0.15) is 18.5 Å². The minimum Gasteiger partial charge on any atom is -0.377 e. The van der Waals surface area contributed by atoms with Gasteiger partial charge in [0.2, 0.25) is 0 Å². The van der Waals surface area contributed by atoms with Crippen molar-refractivity contribution in [2.75, 3.05) is 5.32 Å². The SMILES string of the molecule is CC(Nc1cc(Cl)ccc1Cl)c1ccccc1[N+](=O)[O-]. The van der Waals surface area contributed by atoms with Gasteiger partial charge in [-0.2, -0.15) is 0 Å². The van der Waals surface area contributed by atoms with Gasteiger partial charge in [-0.15, -0.1) is 0 Å². The molecule has 0 aliphatic heterocycles. The van der Waals surface area contributed by atoms with Crippen molar-refractivity contribution < 1.29 is 4.92 Å². The minimum absolute atomic E-state index is 0.0747. The molecule has 0 saturated carbocycles. The zero-order valence-corrected chi connectivity index (χ0v) is 12.2. The van der Waals surface area contributed by atoms with Gasteiger partial charge in [0, 0.05) is 11.1 Å². The molecule has 1 atom stereocenters. The van der Waals surface area contributed by atoms with Crippen LogP contribution >= 0.6 is 23.2 Å². The fourth-order valence-corrected chi connectivity index (χ4v) is 2.28. The predicted molar refractivity (Wildman–Crippen MR) is 81.6 cm³/mol. The highest BCUT2D eigenvalue weighted by molar-refractivity contribution is 6.35. The third kappa shape index (κ3) is 3.21. The Kier molecular flexibility index (Phi) is 4.47. The molecule has 0 spiro atoms. The molecule has 104 valence electrons. The highest BCUT2D eigenvalue weighted by Gasteiger charge is 2.18. The average Bonchev–Trinajstić information content (AvgIpc) is 2.42. The minimum atomic E-state index is -0.396. The van der Waals surface area contributed by atoms with Crippen LogP contribution < -0.4 is 5.32 Å². The van der Waals surface area contributed by atoms with E-state index in [1.54, 1.807) is 36.4 Å². The summed E-state index contributed by atoms with van der Waals surface area (Å²) in [7, 11) is 0. The Hall–Kier alpha value is -1.78. The monoisotopic (exact) mass is 310 g/mol. The van der Waals surface area contributed by atoms with Crippen LogP contribution in [0.25, 0.3) is 0 Å². The molecule has 0 fully saturated rings. The molecule has 0 aliphatic rings. The number of hydrogen-bond donors (Lipinski definition) is 1. The largest absolute Gasteiger partial charge is 0.377 e. The fourth-order valence-electron chi connectivity index (χ4n) is 1.94. The maximum Gasteiger partial charge on any atom is 0.274 e. The number of nitro groups is 1. The number of nitrogens with one attached hydrogen (secondary N) is 1. The third-order valence-corrected chi connectivity index (χ3v) is 3.47. The van der Waals surface area contributed by atoms with E-state index < -0.39 is 4.92 Å². The predicted octanol–water partition coefficient (Wildman–Crippen LogP) is 5.07. The summed E-state index contributed by atoms with van der Waals surface area (Å²) in [5, 5.41) is 15.2. The van der Waals surface area contributed by atoms with E-state index in [1.165, 1.54) is 6.07 Å². The van der Waals surface area contributed by atoms with Gasteiger partial charge in [0.05, 0.1) is 27.2 Å².